The number of rotatable bonds is 9. The molecule has 0 aliphatic carbocycles. The Labute approximate surface area is 191 Å². The number of hydrogen-bond acceptors (Lipinski definition) is 4. The van der Waals surface area contributed by atoms with Crippen molar-refractivity contribution in [3.8, 4) is 11.5 Å². The Morgan fingerprint density at radius 1 is 1.17 bits per heavy atom. The smallest absolute Gasteiger partial charge is 0.193 e. The van der Waals surface area contributed by atoms with Crippen LogP contribution in [-0.4, -0.2) is 55.3 Å². The first-order valence-electron chi connectivity index (χ1n) is 9.61. The van der Waals surface area contributed by atoms with Crippen LogP contribution in [0, 0.1) is 13.8 Å². The lowest BCUT2D eigenvalue weighted by atomic mass is 10.1. The van der Waals surface area contributed by atoms with E-state index in [0.29, 0.717) is 0 Å². The van der Waals surface area contributed by atoms with Gasteiger partial charge in [0.2, 0.25) is 0 Å². The number of hydrogen-bond donors (Lipinski definition) is 1. The third-order valence-corrected chi connectivity index (χ3v) is 4.86. The Morgan fingerprint density at radius 2 is 1.86 bits per heavy atom. The van der Waals surface area contributed by atoms with Gasteiger partial charge in [-0.25, -0.2) is 4.98 Å². The van der Waals surface area contributed by atoms with Gasteiger partial charge in [0.1, 0.15) is 5.82 Å². The van der Waals surface area contributed by atoms with E-state index in [2.05, 4.69) is 31.7 Å². The van der Waals surface area contributed by atoms with E-state index < -0.39 is 0 Å². The van der Waals surface area contributed by atoms with E-state index in [1.807, 2.05) is 45.5 Å². The molecule has 162 valence electrons. The lowest BCUT2D eigenvalue weighted by molar-refractivity contribution is 0.353. The highest BCUT2D eigenvalue weighted by Crippen LogP contribution is 2.30. The molecule has 0 atom stereocenters. The number of imidazole rings is 1. The molecular weight excluding hydrogens is 481 g/mol. The van der Waals surface area contributed by atoms with E-state index in [1.54, 1.807) is 14.2 Å². The maximum atomic E-state index is 5.44. The summed E-state index contributed by atoms with van der Waals surface area (Å²) in [6.45, 7) is 6.73. The fourth-order valence-electron chi connectivity index (χ4n) is 3.16. The van der Waals surface area contributed by atoms with Crippen molar-refractivity contribution in [1.82, 2.24) is 19.8 Å². The Balaban J connectivity index is 0.00000420. The lowest BCUT2D eigenvalue weighted by Gasteiger charge is -2.23. The summed E-state index contributed by atoms with van der Waals surface area (Å²) in [5.41, 5.74) is 2.34. The number of aryl methyl sites for hydroxylation is 3. The summed E-state index contributed by atoms with van der Waals surface area (Å²) in [6.07, 6.45) is 6.04. The monoisotopic (exact) mass is 515 g/mol. The maximum absolute atomic E-state index is 5.44. The summed E-state index contributed by atoms with van der Waals surface area (Å²) in [5, 5.41) is 3.45. The minimum atomic E-state index is 0. The van der Waals surface area contributed by atoms with E-state index in [9.17, 15) is 0 Å². The van der Waals surface area contributed by atoms with Crippen LogP contribution in [0.25, 0.3) is 0 Å². The fraction of sp³-hybridized carbons (Fsp3) is 0.524. The molecular formula is C21H34IN5O2. The second-order valence-electron chi connectivity index (χ2n) is 6.84. The van der Waals surface area contributed by atoms with Crippen LogP contribution in [0.4, 0.5) is 0 Å². The van der Waals surface area contributed by atoms with Crippen molar-refractivity contribution < 1.29 is 9.47 Å². The van der Waals surface area contributed by atoms with Gasteiger partial charge in [0.05, 0.1) is 14.2 Å². The van der Waals surface area contributed by atoms with E-state index in [4.69, 9.17) is 9.47 Å². The normalized spacial score (nSPS) is 11.0. The van der Waals surface area contributed by atoms with Gasteiger partial charge in [-0.1, -0.05) is 0 Å². The third-order valence-electron chi connectivity index (χ3n) is 4.86. The van der Waals surface area contributed by atoms with Crippen molar-refractivity contribution in [3.05, 3.63) is 41.5 Å². The average Bonchev–Trinajstić information content (AvgIpc) is 3.10. The number of benzene rings is 1. The number of unbranched alkanes of at least 4 members (excludes halogenated alkanes) is 1. The summed E-state index contributed by atoms with van der Waals surface area (Å²) in [6, 6.07) is 4.04. The molecule has 1 heterocycles. The Kier molecular flexibility index (Phi) is 10.9. The van der Waals surface area contributed by atoms with Crippen LogP contribution < -0.4 is 14.8 Å². The highest BCUT2D eigenvalue weighted by atomic mass is 127. The third kappa shape index (κ3) is 7.09. The van der Waals surface area contributed by atoms with Crippen LogP contribution in [0.3, 0.4) is 0 Å². The van der Waals surface area contributed by atoms with Crippen LogP contribution in [-0.2, 0) is 13.1 Å². The number of ether oxygens (including phenoxy) is 2. The number of nitrogens with one attached hydrogen (secondary N) is 1. The standard InChI is InChI=1S/C21H33N5O2.HI/c1-16-13-19(27-5)20(28-6)14-18(16)15-25(4)21(22-3)24-9-7-8-11-26-12-10-23-17(26)2;/h10,12-14H,7-9,11,15H2,1-6H3,(H,22,24);1H. The molecule has 0 bridgehead atoms. The molecule has 1 aromatic heterocycles. The zero-order valence-corrected chi connectivity index (χ0v) is 20.7. The molecule has 1 aromatic carbocycles. The first kappa shape index (κ1) is 25.1. The van der Waals surface area contributed by atoms with Crippen molar-refractivity contribution in [1.29, 1.82) is 0 Å². The maximum Gasteiger partial charge on any atom is 0.193 e. The molecule has 2 aromatic rings. The van der Waals surface area contributed by atoms with Crippen molar-refractivity contribution in [2.24, 2.45) is 4.99 Å². The minimum absolute atomic E-state index is 0. The molecule has 0 aliphatic rings. The second kappa shape index (κ2) is 12.6. The Bertz CT molecular complexity index is 791. The highest BCUT2D eigenvalue weighted by molar-refractivity contribution is 14.0. The number of aromatic nitrogens is 2. The zero-order valence-electron chi connectivity index (χ0n) is 18.4. The first-order valence-corrected chi connectivity index (χ1v) is 9.61. The van der Waals surface area contributed by atoms with Crippen LogP contribution in [0.2, 0.25) is 0 Å². The van der Waals surface area contributed by atoms with Gasteiger partial charge in [0.25, 0.3) is 0 Å². The number of guanidine groups is 1. The lowest BCUT2D eigenvalue weighted by Crippen LogP contribution is -2.39. The molecule has 0 fully saturated rings. The number of nitrogens with zero attached hydrogens (tertiary/aromatic N) is 4. The van der Waals surface area contributed by atoms with Crippen molar-refractivity contribution in [2.45, 2.75) is 39.8 Å². The quantitative estimate of drug-likeness (QED) is 0.239. The van der Waals surface area contributed by atoms with Crippen molar-refractivity contribution >= 4 is 29.9 Å². The summed E-state index contributed by atoms with van der Waals surface area (Å²) >= 11 is 0. The van der Waals surface area contributed by atoms with Gasteiger partial charge in [-0.2, -0.15) is 0 Å². The molecule has 0 radical (unpaired) electrons. The summed E-state index contributed by atoms with van der Waals surface area (Å²) in [5.74, 6) is 3.44. The number of methoxy groups -OCH3 is 2. The number of aliphatic imine (C=N–C) groups is 1. The summed E-state index contributed by atoms with van der Waals surface area (Å²) in [4.78, 5) is 10.8. The van der Waals surface area contributed by atoms with Gasteiger partial charge in [0.15, 0.2) is 17.5 Å². The van der Waals surface area contributed by atoms with Gasteiger partial charge < -0.3 is 24.3 Å². The predicted octanol–water partition coefficient (Wildman–Crippen LogP) is 3.62. The van der Waals surface area contributed by atoms with Crippen LogP contribution in [0.5, 0.6) is 11.5 Å². The van der Waals surface area contributed by atoms with Gasteiger partial charge >= 0.3 is 0 Å². The average molecular weight is 515 g/mol. The molecule has 29 heavy (non-hydrogen) atoms. The Hall–Kier alpha value is -1.97. The predicted molar refractivity (Wildman–Crippen MR) is 129 cm³/mol. The molecule has 8 heteroatoms. The molecule has 2 rings (SSSR count). The second-order valence-corrected chi connectivity index (χ2v) is 6.84. The molecule has 0 unspecified atom stereocenters. The van der Waals surface area contributed by atoms with Crippen LogP contribution in [0.15, 0.2) is 29.5 Å². The molecule has 7 nitrogen and oxygen atoms in total. The van der Waals surface area contributed by atoms with Gasteiger partial charge in [0, 0.05) is 46.1 Å². The fourth-order valence-corrected chi connectivity index (χ4v) is 3.16. The molecule has 0 aliphatic heterocycles. The van der Waals surface area contributed by atoms with E-state index in [0.717, 1.165) is 61.3 Å². The minimum Gasteiger partial charge on any atom is -0.493 e. The summed E-state index contributed by atoms with van der Waals surface area (Å²) in [7, 11) is 7.17. The van der Waals surface area contributed by atoms with Gasteiger partial charge in [-0.15, -0.1) is 24.0 Å². The molecule has 1 N–H and O–H groups in total. The van der Waals surface area contributed by atoms with Gasteiger partial charge in [-0.3, -0.25) is 4.99 Å². The van der Waals surface area contributed by atoms with Crippen LogP contribution in [0.1, 0.15) is 29.8 Å². The molecule has 0 saturated carbocycles. The molecule has 0 amide bonds. The SMILES string of the molecule is CN=C(NCCCCn1ccnc1C)N(C)Cc1cc(OC)c(OC)cc1C.I. The van der Waals surface area contributed by atoms with E-state index >= 15 is 0 Å². The number of halogens is 1. The molecule has 0 saturated heterocycles. The van der Waals surface area contributed by atoms with Crippen LogP contribution >= 0.6 is 24.0 Å². The highest BCUT2D eigenvalue weighted by Gasteiger charge is 2.12. The molecule has 0 spiro atoms. The largest absolute Gasteiger partial charge is 0.493 e. The topological polar surface area (TPSA) is 63.9 Å². The van der Waals surface area contributed by atoms with E-state index in [-0.39, 0.29) is 24.0 Å². The van der Waals surface area contributed by atoms with E-state index in [1.165, 1.54) is 5.56 Å². The zero-order chi connectivity index (χ0) is 20.5. The Morgan fingerprint density at radius 3 is 2.45 bits per heavy atom. The van der Waals surface area contributed by atoms with Crippen molar-refractivity contribution in [3.63, 3.8) is 0 Å². The first-order chi connectivity index (χ1) is 13.5. The van der Waals surface area contributed by atoms with Crippen molar-refractivity contribution in [2.75, 3.05) is 34.9 Å². The van der Waals surface area contributed by atoms with Gasteiger partial charge in [-0.05, 0) is 49.9 Å². The summed E-state index contributed by atoms with van der Waals surface area (Å²) < 4.78 is 13.0.